The van der Waals surface area contributed by atoms with Gasteiger partial charge in [0.25, 0.3) is 0 Å². The van der Waals surface area contributed by atoms with Crippen molar-refractivity contribution in [2.24, 2.45) is 5.10 Å². The minimum Gasteiger partial charge on any atom is -0.466 e. The average molecular weight is 369 g/mol. The molecular formula is C21H23ClN3O+. The van der Waals surface area contributed by atoms with E-state index in [4.69, 9.17) is 21.4 Å². The largest absolute Gasteiger partial charge is 0.466 e. The van der Waals surface area contributed by atoms with Crippen molar-refractivity contribution >= 4 is 17.3 Å². The predicted molar refractivity (Wildman–Crippen MR) is 103 cm³/mol. The first-order chi connectivity index (χ1) is 12.6. The van der Waals surface area contributed by atoms with Crippen molar-refractivity contribution in [3.05, 3.63) is 64.7 Å². The third kappa shape index (κ3) is 2.51. The van der Waals surface area contributed by atoms with Gasteiger partial charge in [-0.1, -0.05) is 41.9 Å². The van der Waals surface area contributed by atoms with E-state index in [1.165, 1.54) is 5.56 Å². The maximum absolute atomic E-state index is 6.61. The highest BCUT2D eigenvalue weighted by Gasteiger charge is 2.52. The molecule has 0 aromatic heterocycles. The van der Waals surface area contributed by atoms with Crippen molar-refractivity contribution in [3.8, 4) is 5.75 Å². The Morgan fingerprint density at radius 2 is 1.92 bits per heavy atom. The number of ether oxygens (including phenoxy) is 1. The Kier molecular flexibility index (Phi) is 3.73. The number of halogens is 1. The highest BCUT2D eigenvalue weighted by atomic mass is 35.5. The van der Waals surface area contributed by atoms with Crippen LogP contribution in [-0.2, 0) is 0 Å². The molecule has 134 valence electrons. The molecule has 0 aliphatic carbocycles. The van der Waals surface area contributed by atoms with Crippen LogP contribution in [0, 0.1) is 0 Å². The van der Waals surface area contributed by atoms with E-state index in [1.807, 2.05) is 24.3 Å². The fraction of sp³-hybridized carbons (Fsp3) is 0.381. The van der Waals surface area contributed by atoms with Crippen LogP contribution in [0.25, 0.3) is 0 Å². The third-order valence-electron chi connectivity index (χ3n) is 5.95. The molecule has 1 spiro atoms. The summed E-state index contributed by atoms with van der Waals surface area (Å²) in [6.07, 6.45) is 2.87. The summed E-state index contributed by atoms with van der Waals surface area (Å²) in [6, 6.07) is 16.7. The smallest absolute Gasteiger partial charge is 0.208 e. The van der Waals surface area contributed by atoms with E-state index in [9.17, 15) is 0 Å². The molecule has 1 atom stereocenters. The number of hydrogen-bond acceptors (Lipinski definition) is 3. The molecule has 2 aromatic carbocycles. The second-order valence-electron chi connectivity index (χ2n) is 7.66. The van der Waals surface area contributed by atoms with E-state index in [0.29, 0.717) is 0 Å². The Morgan fingerprint density at radius 1 is 1.15 bits per heavy atom. The molecule has 0 radical (unpaired) electrons. The molecule has 0 bridgehead atoms. The summed E-state index contributed by atoms with van der Waals surface area (Å²) < 4.78 is 6.61. The number of nitrogens with zero attached hydrogens (tertiary/aromatic N) is 2. The molecule has 0 unspecified atom stereocenters. The van der Waals surface area contributed by atoms with Crippen LogP contribution in [0.5, 0.6) is 5.75 Å². The number of rotatable bonds is 1. The average Bonchev–Trinajstić information content (AvgIpc) is 3.12. The first-order valence-electron chi connectivity index (χ1n) is 9.37. The minimum absolute atomic E-state index is 0.200. The Morgan fingerprint density at radius 3 is 2.69 bits per heavy atom. The van der Waals surface area contributed by atoms with Gasteiger partial charge in [0.1, 0.15) is 5.75 Å². The molecule has 1 saturated heterocycles. The van der Waals surface area contributed by atoms with E-state index < -0.39 is 0 Å². The van der Waals surface area contributed by atoms with Crippen LogP contribution >= 0.6 is 11.6 Å². The summed E-state index contributed by atoms with van der Waals surface area (Å²) in [5, 5.41) is 8.09. The zero-order chi connectivity index (χ0) is 17.7. The number of likely N-dealkylation sites (tertiary alicyclic amines) is 1. The number of hydrazone groups is 1. The molecular weight excluding hydrogens is 346 g/mol. The third-order valence-corrected chi connectivity index (χ3v) is 6.19. The van der Waals surface area contributed by atoms with E-state index in [1.54, 1.807) is 4.90 Å². The molecule has 5 rings (SSSR count). The number of fused-ring (bicyclic) bond motifs is 4. The lowest BCUT2D eigenvalue weighted by molar-refractivity contribution is -0.888. The number of nitrogens with one attached hydrogen (secondary N) is 1. The number of quaternary nitrogens is 1. The van der Waals surface area contributed by atoms with Crippen molar-refractivity contribution < 1.29 is 9.64 Å². The van der Waals surface area contributed by atoms with Gasteiger partial charge in [-0.2, -0.15) is 5.10 Å². The maximum atomic E-state index is 6.61. The fourth-order valence-corrected chi connectivity index (χ4v) is 4.64. The Labute approximate surface area is 159 Å². The van der Waals surface area contributed by atoms with Crippen molar-refractivity contribution in [2.75, 3.05) is 20.1 Å². The van der Waals surface area contributed by atoms with Crippen LogP contribution in [-0.4, -0.2) is 36.6 Å². The van der Waals surface area contributed by atoms with Gasteiger partial charge in [0.05, 0.1) is 44.7 Å². The van der Waals surface area contributed by atoms with Crippen molar-refractivity contribution in [3.63, 3.8) is 0 Å². The van der Waals surface area contributed by atoms with Crippen LogP contribution in [0.15, 0.2) is 53.6 Å². The minimum atomic E-state index is -0.332. The molecule has 5 heteroatoms. The molecule has 4 nitrogen and oxygen atoms in total. The SMILES string of the molecule is C[NH+]1CCC2(CC1)Oc1ccc(Cl)cc1[C@H]1CC(c3ccccc3)=NN12. The molecule has 1 fully saturated rings. The number of hydrogen-bond donors (Lipinski definition) is 1. The van der Waals surface area contributed by atoms with Crippen molar-refractivity contribution in [2.45, 2.75) is 31.0 Å². The van der Waals surface area contributed by atoms with Crippen LogP contribution < -0.4 is 9.64 Å². The van der Waals surface area contributed by atoms with E-state index >= 15 is 0 Å². The Balaban J connectivity index is 1.60. The van der Waals surface area contributed by atoms with Gasteiger partial charge in [0, 0.05) is 17.0 Å². The lowest BCUT2D eigenvalue weighted by atomic mass is 9.91. The van der Waals surface area contributed by atoms with Gasteiger partial charge < -0.3 is 9.64 Å². The fourth-order valence-electron chi connectivity index (χ4n) is 4.46. The normalized spacial score (nSPS) is 29.8. The van der Waals surface area contributed by atoms with Crippen LogP contribution in [0.4, 0.5) is 0 Å². The van der Waals surface area contributed by atoms with Crippen LogP contribution in [0.1, 0.15) is 36.4 Å². The zero-order valence-corrected chi connectivity index (χ0v) is 15.7. The molecule has 26 heavy (non-hydrogen) atoms. The molecule has 3 aliphatic heterocycles. The quantitative estimate of drug-likeness (QED) is 0.838. The lowest BCUT2D eigenvalue weighted by Gasteiger charge is -2.49. The van der Waals surface area contributed by atoms with E-state index in [2.05, 4.69) is 36.3 Å². The number of benzene rings is 2. The van der Waals surface area contributed by atoms with Crippen molar-refractivity contribution in [1.29, 1.82) is 0 Å². The summed E-state index contributed by atoms with van der Waals surface area (Å²) in [5.74, 6) is 0.972. The monoisotopic (exact) mass is 368 g/mol. The van der Waals surface area contributed by atoms with Crippen molar-refractivity contribution in [1.82, 2.24) is 5.01 Å². The topological polar surface area (TPSA) is 29.3 Å². The second kappa shape index (κ2) is 6.00. The summed E-state index contributed by atoms with van der Waals surface area (Å²) in [5.41, 5.74) is 3.16. The molecule has 3 heterocycles. The van der Waals surface area contributed by atoms with E-state index in [-0.39, 0.29) is 11.8 Å². The van der Waals surface area contributed by atoms with Gasteiger partial charge in [-0.15, -0.1) is 0 Å². The molecule has 0 saturated carbocycles. The summed E-state index contributed by atoms with van der Waals surface area (Å²) >= 11 is 6.30. The predicted octanol–water partition coefficient (Wildman–Crippen LogP) is 2.89. The van der Waals surface area contributed by atoms with Gasteiger partial charge >= 0.3 is 0 Å². The highest BCUT2D eigenvalue weighted by Crippen LogP contribution is 2.49. The second-order valence-corrected chi connectivity index (χ2v) is 8.10. The first-order valence-corrected chi connectivity index (χ1v) is 9.74. The number of piperidine rings is 1. The maximum Gasteiger partial charge on any atom is 0.208 e. The Bertz CT molecular complexity index is 859. The summed E-state index contributed by atoms with van der Waals surface area (Å²) in [6.45, 7) is 2.20. The van der Waals surface area contributed by atoms with Gasteiger partial charge in [-0.25, -0.2) is 5.01 Å². The van der Waals surface area contributed by atoms with Gasteiger partial charge in [-0.05, 0) is 23.8 Å². The highest BCUT2D eigenvalue weighted by molar-refractivity contribution is 6.30. The molecule has 2 aromatic rings. The molecule has 0 amide bonds. The van der Waals surface area contributed by atoms with Crippen LogP contribution in [0.3, 0.4) is 0 Å². The van der Waals surface area contributed by atoms with Crippen LogP contribution in [0.2, 0.25) is 5.02 Å². The first kappa shape index (κ1) is 16.2. The Hall–Kier alpha value is -2.04. The lowest BCUT2D eigenvalue weighted by Crippen LogP contribution is -3.11. The molecule has 3 aliphatic rings. The van der Waals surface area contributed by atoms with E-state index in [0.717, 1.165) is 54.4 Å². The standard InChI is InChI=1S/C21H22ClN3O/c1-24-11-9-21(10-12-24)25-19(17-13-16(22)7-8-20(17)26-21)14-18(23-25)15-5-3-2-4-6-15/h2-8,13,19H,9-12,14H2,1H3/p+1/t19-/m1/s1. The van der Waals surface area contributed by atoms with Gasteiger partial charge in [-0.3, -0.25) is 0 Å². The van der Waals surface area contributed by atoms with Gasteiger partial charge in [0.15, 0.2) is 0 Å². The molecule has 1 N–H and O–H groups in total. The zero-order valence-electron chi connectivity index (χ0n) is 14.9. The summed E-state index contributed by atoms with van der Waals surface area (Å²) in [4.78, 5) is 1.56. The summed E-state index contributed by atoms with van der Waals surface area (Å²) in [7, 11) is 2.25. The van der Waals surface area contributed by atoms with Gasteiger partial charge in [0.2, 0.25) is 5.72 Å².